The molecule has 3 fully saturated rings. The lowest BCUT2D eigenvalue weighted by Gasteiger charge is -2.39. The van der Waals surface area contributed by atoms with Crippen LogP contribution >= 0.6 is 0 Å². The van der Waals surface area contributed by atoms with Gasteiger partial charge in [-0.05, 0) is 32.7 Å². The van der Waals surface area contributed by atoms with Gasteiger partial charge in [0.2, 0.25) is 0 Å². The Morgan fingerprint density at radius 1 is 0.944 bits per heavy atom. The first-order valence-corrected chi connectivity index (χ1v) is 7.57. The van der Waals surface area contributed by atoms with Crippen LogP contribution in [0.2, 0.25) is 0 Å². The summed E-state index contributed by atoms with van der Waals surface area (Å²) in [5, 5.41) is 9.81. The number of nitrogens with zero attached hydrogens (tertiary/aromatic N) is 3. The fraction of sp³-hybridized carbons (Fsp3) is 1.00. The van der Waals surface area contributed by atoms with Crippen molar-refractivity contribution in [3.05, 3.63) is 0 Å². The van der Waals surface area contributed by atoms with Crippen molar-refractivity contribution < 1.29 is 5.11 Å². The summed E-state index contributed by atoms with van der Waals surface area (Å²) >= 11 is 0. The average molecular weight is 253 g/mol. The normalized spacial score (nSPS) is 39.3. The van der Waals surface area contributed by atoms with E-state index in [1.165, 1.54) is 52.1 Å². The fourth-order valence-electron chi connectivity index (χ4n) is 3.94. The van der Waals surface area contributed by atoms with Crippen molar-refractivity contribution in [2.45, 2.75) is 43.9 Å². The van der Waals surface area contributed by atoms with Gasteiger partial charge in [-0.15, -0.1) is 0 Å². The molecular formula is C14H27N3O. The summed E-state index contributed by atoms with van der Waals surface area (Å²) in [7, 11) is 2.21. The van der Waals surface area contributed by atoms with Crippen molar-refractivity contribution in [3.63, 3.8) is 0 Å². The summed E-state index contributed by atoms with van der Waals surface area (Å²) < 4.78 is 0. The van der Waals surface area contributed by atoms with Gasteiger partial charge in [0.1, 0.15) is 0 Å². The van der Waals surface area contributed by atoms with Crippen LogP contribution < -0.4 is 0 Å². The lowest BCUT2D eigenvalue weighted by molar-refractivity contribution is 0.0272. The number of piperidine rings is 1. The number of aliphatic hydroxyl groups excluding tert-OH is 1. The van der Waals surface area contributed by atoms with Crippen LogP contribution in [0.3, 0.4) is 0 Å². The number of piperazine rings is 1. The van der Waals surface area contributed by atoms with E-state index < -0.39 is 0 Å². The maximum absolute atomic E-state index is 9.81. The minimum absolute atomic E-state index is 0.0256. The van der Waals surface area contributed by atoms with Crippen molar-refractivity contribution >= 4 is 0 Å². The lowest BCUT2D eigenvalue weighted by atomic mass is 10.00. The van der Waals surface area contributed by atoms with Crippen LogP contribution in [0, 0.1) is 0 Å². The topological polar surface area (TPSA) is 30.0 Å². The number of hydrogen-bond acceptors (Lipinski definition) is 4. The molecule has 0 radical (unpaired) electrons. The molecule has 0 aromatic heterocycles. The highest BCUT2D eigenvalue weighted by atomic mass is 16.3. The van der Waals surface area contributed by atoms with Gasteiger partial charge in [-0.1, -0.05) is 0 Å². The largest absolute Gasteiger partial charge is 0.393 e. The molecule has 0 aromatic rings. The van der Waals surface area contributed by atoms with Gasteiger partial charge < -0.3 is 10.0 Å². The Morgan fingerprint density at radius 2 is 1.56 bits per heavy atom. The number of hydrogen-bond donors (Lipinski definition) is 1. The van der Waals surface area contributed by atoms with E-state index in [9.17, 15) is 5.11 Å². The maximum Gasteiger partial charge on any atom is 0.0570 e. The SMILES string of the molecule is CN1CCN(CCN2C3CCC2CC(O)C3)CC1. The Labute approximate surface area is 111 Å². The van der Waals surface area contributed by atoms with E-state index in [0.29, 0.717) is 12.1 Å². The molecule has 1 N–H and O–H groups in total. The van der Waals surface area contributed by atoms with Crippen LogP contribution in [0.15, 0.2) is 0 Å². The molecular weight excluding hydrogens is 226 g/mol. The van der Waals surface area contributed by atoms with Crippen molar-refractivity contribution in [3.8, 4) is 0 Å². The highest BCUT2D eigenvalue weighted by Gasteiger charge is 2.39. The molecule has 3 rings (SSSR count). The van der Waals surface area contributed by atoms with Gasteiger partial charge in [-0.2, -0.15) is 0 Å². The quantitative estimate of drug-likeness (QED) is 0.779. The first-order valence-electron chi connectivity index (χ1n) is 7.57. The van der Waals surface area contributed by atoms with Gasteiger partial charge in [0.15, 0.2) is 0 Å². The number of rotatable bonds is 3. The van der Waals surface area contributed by atoms with E-state index in [-0.39, 0.29) is 6.10 Å². The second-order valence-corrected chi connectivity index (χ2v) is 6.39. The van der Waals surface area contributed by atoms with Crippen LogP contribution in [-0.2, 0) is 0 Å². The summed E-state index contributed by atoms with van der Waals surface area (Å²) in [6.45, 7) is 7.31. The molecule has 18 heavy (non-hydrogen) atoms. The van der Waals surface area contributed by atoms with E-state index in [0.717, 1.165) is 12.8 Å². The summed E-state index contributed by atoms with van der Waals surface area (Å²) in [4.78, 5) is 7.70. The zero-order valence-corrected chi connectivity index (χ0v) is 11.6. The zero-order valence-electron chi connectivity index (χ0n) is 11.6. The molecule has 3 saturated heterocycles. The van der Waals surface area contributed by atoms with E-state index in [1.54, 1.807) is 0 Å². The predicted octanol–water partition coefficient (Wildman–Crippen LogP) is 0.222. The molecule has 104 valence electrons. The minimum Gasteiger partial charge on any atom is -0.393 e. The van der Waals surface area contributed by atoms with Crippen LogP contribution in [0.5, 0.6) is 0 Å². The molecule has 4 heteroatoms. The van der Waals surface area contributed by atoms with E-state index >= 15 is 0 Å². The Morgan fingerprint density at radius 3 is 2.17 bits per heavy atom. The van der Waals surface area contributed by atoms with Gasteiger partial charge in [-0.3, -0.25) is 9.80 Å². The van der Waals surface area contributed by atoms with Crippen molar-refractivity contribution in [2.24, 2.45) is 0 Å². The molecule has 2 atom stereocenters. The van der Waals surface area contributed by atoms with Crippen molar-refractivity contribution in [2.75, 3.05) is 46.3 Å². The number of fused-ring (bicyclic) bond motifs is 2. The molecule has 0 aliphatic carbocycles. The van der Waals surface area contributed by atoms with Gasteiger partial charge in [-0.25, -0.2) is 0 Å². The van der Waals surface area contributed by atoms with Crippen LogP contribution in [0.25, 0.3) is 0 Å². The van der Waals surface area contributed by atoms with Crippen LogP contribution in [0.1, 0.15) is 25.7 Å². The Kier molecular flexibility index (Phi) is 3.89. The second-order valence-electron chi connectivity index (χ2n) is 6.39. The average Bonchev–Trinajstić information content (AvgIpc) is 2.60. The summed E-state index contributed by atoms with van der Waals surface area (Å²) in [5.41, 5.74) is 0. The van der Waals surface area contributed by atoms with Gasteiger partial charge in [0.25, 0.3) is 0 Å². The van der Waals surface area contributed by atoms with Crippen LogP contribution in [0.4, 0.5) is 0 Å². The van der Waals surface area contributed by atoms with E-state index in [1.807, 2.05) is 0 Å². The van der Waals surface area contributed by atoms with Gasteiger partial charge in [0, 0.05) is 51.4 Å². The molecule has 0 amide bonds. The number of aliphatic hydroxyl groups is 1. The first-order chi connectivity index (χ1) is 8.72. The number of likely N-dealkylation sites (N-methyl/N-ethyl adjacent to an activating group) is 1. The Balaban J connectivity index is 1.46. The van der Waals surface area contributed by atoms with Crippen LogP contribution in [-0.4, -0.2) is 84.3 Å². The van der Waals surface area contributed by atoms with E-state index in [4.69, 9.17) is 0 Å². The first kappa shape index (κ1) is 12.9. The lowest BCUT2D eigenvalue weighted by Crippen LogP contribution is -2.50. The summed E-state index contributed by atoms with van der Waals surface area (Å²) in [6, 6.07) is 1.34. The fourth-order valence-corrected chi connectivity index (χ4v) is 3.94. The highest BCUT2D eigenvalue weighted by molar-refractivity contribution is 4.95. The molecule has 2 bridgehead atoms. The summed E-state index contributed by atoms with van der Waals surface area (Å²) in [5.74, 6) is 0. The third kappa shape index (κ3) is 2.72. The Hall–Kier alpha value is -0.160. The molecule has 3 aliphatic heterocycles. The minimum atomic E-state index is -0.0256. The second kappa shape index (κ2) is 5.45. The molecule has 0 spiro atoms. The van der Waals surface area contributed by atoms with Gasteiger partial charge in [0.05, 0.1) is 6.10 Å². The van der Waals surface area contributed by atoms with Crippen molar-refractivity contribution in [1.29, 1.82) is 0 Å². The molecule has 0 aromatic carbocycles. The monoisotopic (exact) mass is 253 g/mol. The molecule has 3 aliphatic rings. The predicted molar refractivity (Wildman–Crippen MR) is 72.7 cm³/mol. The molecule has 3 heterocycles. The standard InChI is InChI=1S/C14H27N3O/c1-15-4-6-16(7-5-15)8-9-17-12-2-3-13(17)11-14(18)10-12/h12-14,18H,2-11H2,1H3. The third-order valence-electron chi connectivity index (χ3n) is 5.13. The highest BCUT2D eigenvalue weighted by Crippen LogP contribution is 2.35. The third-order valence-corrected chi connectivity index (χ3v) is 5.13. The zero-order chi connectivity index (χ0) is 12.5. The summed E-state index contributed by atoms with van der Waals surface area (Å²) in [6.07, 6.45) is 4.62. The molecule has 4 nitrogen and oxygen atoms in total. The Bertz CT molecular complexity index is 264. The smallest absolute Gasteiger partial charge is 0.0570 e. The van der Waals surface area contributed by atoms with Gasteiger partial charge >= 0.3 is 0 Å². The molecule has 2 unspecified atom stereocenters. The maximum atomic E-state index is 9.81. The van der Waals surface area contributed by atoms with Crippen molar-refractivity contribution in [1.82, 2.24) is 14.7 Å². The van der Waals surface area contributed by atoms with E-state index in [2.05, 4.69) is 21.7 Å². The molecule has 0 saturated carbocycles.